The fraction of sp³-hybridized carbons (Fsp3) is 0.429. The number of amides is 1. The van der Waals surface area contributed by atoms with Crippen LogP contribution in [0.15, 0.2) is 48.5 Å². The first-order chi connectivity index (χ1) is 17.7. The number of H-pyrrole nitrogens is 1. The van der Waals surface area contributed by atoms with Crippen LogP contribution in [-0.2, 0) is 4.74 Å². The average Bonchev–Trinajstić information content (AvgIpc) is 3.47. The van der Waals surface area contributed by atoms with Crippen molar-refractivity contribution in [2.45, 2.75) is 25.8 Å². The van der Waals surface area contributed by atoms with Crippen molar-refractivity contribution in [3.63, 3.8) is 0 Å². The van der Waals surface area contributed by atoms with Gasteiger partial charge in [0.2, 0.25) is 0 Å². The summed E-state index contributed by atoms with van der Waals surface area (Å²) in [5.74, 6) is 1.59. The molecule has 1 aromatic heterocycles. The molecular weight excluding hydrogens is 456 g/mol. The first kappa shape index (κ1) is 24.3. The zero-order valence-corrected chi connectivity index (χ0v) is 21.0. The molecule has 2 aromatic carbocycles. The number of hydrogen-bond donors (Lipinski definition) is 1. The van der Waals surface area contributed by atoms with Gasteiger partial charge in [0, 0.05) is 37.3 Å². The molecule has 8 heteroatoms. The number of nitrogens with zero attached hydrogens (tertiary/aromatic N) is 3. The Kier molecular flexibility index (Phi) is 7.53. The van der Waals surface area contributed by atoms with Gasteiger partial charge < -0.3 is 19.1 Å². The third-order valence-corrected chi connectivity index (χ3v) is 6.85. The molecule has 2 aliphatic heterocycles. The number of ether oxygens (including phenoxy) is 3. The Labute approximate surface area is 212 Å². The van der Waals surface area contributed by atoms with Gasteiger partial charge in [0.25, 0.3) is 5.91 Å². The quantitative estimate of drug-likeness (QED) is 0.460. The van der Waals surface area contributed by atoms with Crippen LogP contribution >= 0.6 is 0 Å². The van der Waals surface area contributed by atoms with Gasteiger partial charge >= 0.3 is 0 Å². The van der Waals surface area contributed by atoms with Crippen LogP contribution in [-0.4, -0.2) is 79.0 Å². The Balaban J connectivity index is 1.47. The van der Waals surface area contributed by atoms with E-state index in [1.807, 2.05) is 41.3 Å². The molecule has 0 radical (unpaired) electrons. The van der Waals surface area contributed by atoms with Gasteiger partial charge in [0.05, 0.1) is 38.7 Å². The Morgan fingerprint density at radius 3 is 2.64 bits per heavy atom. The van der Waals surface area contributed by atoms with E-state index in [0.717, 1.165) is 79.6 Å². The molecule has 5 rings (SSSR count). The largest absolute Gasteiger partial charge is 0.497 e. The minimum absolute atomic E-state index is 0.0101. The van der Waals surface area contributed by atoms with Crippen molar-refractivity contribution in [2.75, 3.05) is 53.1 Å². The summed E-state index contributed by atoms with van der Waals surface area (Å²) in [4.78, 5) is 18.0. The number of benzene rings is 2. The second-order valence-corrected chi connectivity index (χ2v) is 9.22. The van der Waals surface area contributed by atoms with Gasteiger partial charge in [-0.15, -0.1) is 0 Å². The van der Waals surface area contributed by atoms with Gasteiger partial charge in [-0.3, -0.25) is 14.8 Å². The number of rotatable bonds is 10. The summed E-state index contributed by atoms with van der Waals surface area (Å²) in [6.07, 6.45) is 1.83. The second-order valence-electron chi connectivity index (χ2n) is 9.22. The lowest BCUT2D eigenvalue weighted by molar-refractivity contribution is 0.0354. The summed E-state index contributed by atoms with van der Waals surface area (Å²) in [6, 6.07) is 15.7. The summed E-state index contributed by atoms with van der Waals surface area (Å²) < 4.78 is 16.7. The number of aromatic nitrogens is 2. The smallest absolute Gasteiger partial charge is 0.273 e. The number of aromatic amines is 1. The Hall–Kier alpha value is -3.36. The van der Waals surface area contributed by atoms with Gasteiger partial charge in [-0.1, -0.05) is 19.1 Å². The van der Waals surface area contributed by atoms with E-state index < -0.39 is 0 Å². The normalized spacial score (nSPS) is 17.9. The number of carbonyl (C=O) groups is 1. The van der Waals surface area contributed by atoms with E-state index in [2.05, 4.69) is 34.2 Å². The highest BCUT2D eigenvalue weighted by Crippen LogP contribution is 2.43. The Bertz CT molecular complexity index is 1170. The third-order valence-electron chi connectivity index (χ3n) is 6.85. The maximum absolute atomic E-state index is 13.6. The van der Waals surface area contributed by atoms with Gasteiger partial charge in [0.15, 0.2) is 0 Å². The SMILES string of the molecule is CCCOc1cccc(C2c3c(-c4ccc(OC)cc4)n[nH]c3C(=O)N2CCCN2CCOCC2)c1. The van der Waals surface area contributed by atoms with E-state index >= 15 is 0 Å². The standard InChI is InChI=1S/C28H34N4O4/c1-3-16-36-23-7-4-6-21(19-23)27-24-25(20-8-10-22(34-2)11-9-20)29-30-26(24)28(33)32(27)13-5-12-31-14-17-35-18-15-31/h4,6-11,19,27H,3,5,12-18H2,1-2H3,(H,29,30). The van der Waals surface area contributed by atoms with E-state index in [-0.39, 0.29) is 11.9 Å². The molecule has 3 heterocycles. The van der Waals surface area contributed by atoms with Crippen LogP contribution in [0.3, 0.4) is 0 Å². The second kappa shape index (κ2) is 11.1. The summed E-state index contributed by atoms with van der Waals surface area (Å²) in [5.41, 5.74) is 4.25. The van der Waals surface area contributed by atoms with Crippen molar-refractivity contribution in [3.05, 3.63) is 65.4 Å². The molecule has 1 amide bonds. The van der Waals surface area contributed by atoms with Crippen LogP contribution in [0.1, 0.15) is 47.4 Å². The zero-order valence-electron chi connectivity index (χ0n) is 21.0. The average molecular weight is 491 g/mol. The minimum atomic E-state index is -0.238. The molecule has 0 saturated carbocycles. The summed E-state index contributed by atoms with van der Waals surface area (Å²) in [6.45, 7) is 7.79. The number of hydrogen-bond acceptors (Lipinski definition) is 6. The molecule has 1 atom stereocenters. The van der Waals surface area contributed by atoms with E-state index in [4.69, 9.17) is 14.2 Å². The van der Waals surface area contributed by atoms with Crippen LogP contribution in [0.25, 0.3) is 11.3 Å². The fourth-order valence-corrected chi connectivity index (χ4v) is 5.03. The van der Waals surface area contributed by atoms with E-state index in [1.54, 1.807) is 7.11 Å². The number of morpholine rings is 1. The van der Waals surface area contributed by atoms with Crippen LogP contribution < -0.4 is 9.47 Å². The lowest BCUT2D eigenvalue weighted by Gasteiger charge is -2.30. The predicted octanol–water partition coefficient (Wildman–Crippen LogP) is 4.14. The van der Waals surface area contributed by atoms with Crippen molar-refractivity contribution in [2.24, 2.45) is 0 Å². The molecule has 1 unspecified atom stereocenters. The topological polar surface area (TPSA) is 79.9 Å². The molecule has 1 fully saturated rings. The zero-order chi connectivity index (χ0) is 24.9. The molecule has 1 N–H and O–H groups in total. The van der Waals surface area contributed by atoms with Crippen molar-refractivity contribution in [3.8, 4) is 22.8 Å². The predicted molar refractivity (Wildman–Crippen MR) is 138 cm³/mol. The molecule has 3 aromatic rings. The molecule has 2 aliphatic rings. The van der Waals surface area contributed by atoms with Gasteiger partial charge in [-0.05, 0) is 54.8 Å². The van der Waals surface area contributed by atoms with E-state index in [1.165, 1.54) is 0 Å². The summed E-state index contributed by atoms with van der Waals surface area (Å²) in [7, 11) is 1.65. The molecule has 8 nitrogen and oxygen atoms in total. The lowest BCUT2D eigenvalue weighted by Crippen LogP contribution is -2.38. The first-order valence-electron chi connectivity index (χ1n) is 12.8. The first-order valence-corrected chi connectivity index (χ1v) is 12.8. The maximum Gasteiger partial charge on any atom is 0.273 e. The lowest BCUT2D eigenvalue weighted by atomic mass is 9.96. The molecular formula is C28H34N4O4. The maximum atomic E-state index is 13.6. The molecule has 190 valence electrons. The molecule has 1 saturated heterocycles. The van der Waals surface area contributed by atoms with Crippen molar-refractivity contribution in [1.82, 2.24) is 20.0 Å². The number of nitrogens with one attached hydrogen (secondary N) is 1. The summed E-state index contributed by atoms with van der Waals surface area (Å²) >= 11 is 0. The third kappa shape index (κ3) is 4.96. The van der Waals surface area contributed by atoms with Crippen molar-refractivity contribution >= 4 is 5.91 Å². The van der Waals surface area contributed by atoms with Crippen LogP contribution in [0.4, 0.5) is 0 Å². The molecule has 0 bridgehead atoms. The highest BCUT2D eigenvalue weighted by Gasteiger charge is 2.42. The summed E-state index contributed by atoms with van der Waals surface area (Å²) in [5, 5.41) is 7.63. The van der Waals surface area contributed by atoms with E-state index in [0.29, 0.717) is 18.8 Å². The highest BCUT2D eigenvalue weighted by atomic mass is 16.5. The molecule has 0 aliphatic carbocycles. The van der Waals surface area contributed by atoms with Crippen molar-refractivity contribution < 1.29 is 19.0 Å². The Morgan fingerprint density at radius 2 is 1.89 bits per heavy atom. The number of fused-ring (bicyclic) bond motifs is 1. The van der Waals surface area contributed by atoms with Gasteiger partial charge in [0.1, 0.15) is 17.2 Å². The monoisotopic (exact) mass is 490 g/mol. The minimum Gasteiger partial charge on any atom is -0.497 e. The Morgan fingerprint density at radius 1 is 1.08 bits per heavy atom. The van der Waals surface area contributed by atoms with Crippen LogP contribution in [0.2, 0.25) is 0 Å². The van der Waals surface area contributed by atoms with Crippen LogP contribution in [0.5, 0.6) is 11.5 Å². The number of carbonyl (C=O) groups excluding carboxylic acids is 1. The number of methoxy groups -OCH3 is 1. The van der Waals surface area contributed by atoms with Gasteiger partial charge in [-0.25, -0.2) is 0 Å². The molecule has 36 heavy (non-hydrogen) atoms. The van der Waals surface area contributed by atoms with E-state index in [9.17, 15) is 4.79 Å². The van der Waals surface area contributed by atoms with Gasteiger partial charge in [-0.2, -0.15) is 5.10 Å². The van der Waals surface area contributed by atoms with Crippen LogP contribution in [0, 0.1) is 0 Å². The van der Waals surface area contributed by atoms with Crippen molar-refractivity contribution in [1.29, 1.82) is 0 Å². The molecule has 0 spiro atoms. The fourth-order valence-electron chi connectivity index (χ4n) is 5.03. The highest BCUT2D eigenvalue weighted by molar-refractivity contribution is 6.00.